The Balaban J connectivity index is 1.65. The van der Waals surface area contributed by atoms with Crippen LogP contribution in [-0.4, -0.2) is 58.4 Å². The molecule has 1 saturated heterocycles. The van der Waals surface area contributed by atoms with Crippen LogP contribution in [0.5, 0.6) is 5.88 Å². The number of hydrogen-bond acceptors (Lipinski definition) is 8. The van der Waals surface area contributed by atoms with E-state index in [1.807, 2.05) is 6.92 Å². The standard InChI is InChI=1S/C16H17F3N6O3/c1-15(6-27-7-15)5-22-14-21-3-2-10(25-14)12(26)24-11-4-20-9-23-13(11)28-8-16(17,18)19/h2-4,9H,5-8H2,1H3,(H,24,26)(H,21,22,25). The van der Waals surface area contributed by atoms with E-state index in [1.54, 1.807) is 0 Å². The predicted molar refractivity (Wildman–Crippen MR) is 91.0 cm³/mol. The molecule has 0 bridgehead atoms. The fourth-order valence-corrected chi connectivity index (χ4v) is 2.27. The van der Waals surface area contributed by atoms with Gasteiger partial charge < -0.3 is 20.1 Å². The summed E-state index contributed by atoms with van der Waals surface area (Å²) in [6.45, 7) is 2.30. The molecular formula is C16H17F3N6O3. The zero-order chi connectivity index (χ0) is 20.2. The third kappa shape index (κ3) is 5.25. The number of nitrogens with one attached hydrogen (secondary N) is 2. The molecule has 1 aliphatic rings. The Morgan fingerprint density at radius 3 is 2.82 bits per heavy atom. The largest absolute Gasteiger partial charge is 0.466 e. The third-order valence-electron chi connectivity index (χ3n) is 3.76. The predicted octanol–water partition coefficient (Wildman–Crippen LogP) is 1.91. The highest BCUT2D eigenvalue weighted by molar-refractivity contribution is 6.03. The van der Waals surface area contributed by atoms with Crippen molar-refractivity contribution >= 4 is 17.5 Å². The van der Waals surface area contributed by atoms with Gasteiger partial charge in [0, 0.05) is 18.2 Å². The summed E-state index contributed by atoms with van der Waals surface area (Å²) in [6, 6.07) is 1.37. The van der Waals surface area contributed by atoms with Gasteiger partial charge in [-0.05, 0) is 6.07 Å². The smallest absolute Gasteiger partial charge is 0.422 e. The van der Waals surface area contributed by atoms with Crippen molar-refractivity contribution in [3.8, 4) is 5.88 Å². The first-order valence-corrected chi connectivity index (χ1v) is 8.20. The normalized spacial score (nSPS) is 15.4. The summed E-state index contributed by atoms with van der Waals surface area (Å²) < 4.78 is 46.8. The van der Waals surface area contributed by atoms with Gasteiger partial charge in [-0.3, -0.25) is 4.79 Å². The lowest BCUT2D eigenvalue weighted by molar-refractivity contribution is -0.153. The number of anilines is 2. The van der Waals surface area contributed by atoms with Crippen molar-refractivity contribution in [3.63, 3.8) is 0 Å². The number of aromatic nitrogens is 4. The van der Waals surface area contributed by atoms with Crippen molar-refractivity contribution in [2.45, 2.75) is 13.1 Å². The lowest BCUT2D eigenvalue weighted by atomic mass is 9.89. The third-order valence-corrected chi connectivity index (χ3v) is 3.76. The van der Waals surface area contributed by atoms with Crippen molar-refractivity contribution in [1.82, 2.24) is 19.9 Å². The quantitative estimate of drug-likeness (QED) is 0.728. The van der Waals surface area contributed by atoms with Gasteiger partial charge in [0.2, 0.25) is 11.8 Å². The van der Waals surface area contributed by atoms with Crippen LogP contribution in [0.3, 0.4) is 0 Å². The molecule has 9 nitrogen and oxygen atoms in total. The Kier molecular flexibility index (Phi) is 5.58. The van der Waals surface area contributed by atoms with Crippen LogP contribution < -0.4 is 15.4 Å². The van der Waals surface area contributed by atoms with Crippen LogP contribution in [0.1, 0.15) is 17.4 Å². The molecule has 28 heavy (non-hydrogen) atoms. The van der Waals surface area contributed by atoms with E-state index in [9.17, 15) is 18.0 Å². The number of alkyl halides is 3. The lowest BCUT2D eigenvalue weighted by Crippen LogP contribution is -2.45. The van der Waals surface area contributed by atoms with Gasteiger partial charge in [-0.1, -0.05) is 6.92 Å². The summed E-state index contributed by atoms with van der Waals surface area (Å²) in [7, 11) is 0. The number of halogens is 3. The molecule has 2 aromatic heterocycles. The van der Waals surface area contributed by atoms with Crippen molar-refractivity contribution < 1.29 is 27.4 Å². The Bertz CT molecular complexity index is 844. The zero-order valence-electron chi connectivity index (χ0n) is 14.8. The molecule has 1 aliphatic heterocycles. The summed E-state index contributed by atoms with van der Waals surface area (Å²) in [6.07, 6.45) is -0.999. The fraction of sp³-hybridized carbons (Fsp3) is 0.438. The lowest BCUT2D eigenvalue weighted by Gasteiger charge is -2.37. The first kappa shape index (κ1) is 19.7. The Hall–Kier alpha value is -3.02. The maximum Gasteiger partial charge on any atom is 0.422 e. The van der Waals surface area contributed by atoms with E-state index in [0.29, 0.717) is 19.8 Å². The van der Waals surface area contributed by atoms with Crippen LogP contribution in [0.2, 0.25) is 0 Å². The average Bonchev–Trinajstić information content (AvgIpc) is 2.63. The van der Waals surface area contributed by atoms with Gasteiger partial charge in [-0.25, -0.2) is 15.0 Å². The number of nitrogens with zero attached hydrogens (tertiary/aromatic N) is 4. The maximum atomic E-state index is 12.4. The minimum absolute atomic E-state index is 0.0122. The second-order valence-corrected chi connectivity index (χ2v) is 6.52. The fourth-order valence-electron chi connectivity index (χ4n) is 2.27. The number of ether oxygens (including phenoxy) is 2. The Labute approximate surface area is 157 Å². The molecular weight excluding hydrogens is 381 g/mol. The van der Waals surface area contributed by atoms with E-state index >= 15 is 0 Å². The molecule has 0 atom stereocenters. The summed E-state index contributed by atoms with van der Waals surface area (Å²) in [5.74, 6) is -0.820. The summed E-state index contributed by atoms with van der Waals surface area (Å²) in [4.78, 5) is 27.9. The van der Waals surface area contributed by atoms with Crippen molar-refractivity contribution in [3.05, 3.63) is 30.5 Å². The van der Waals surface area contributed by atoms with E-state index in [0.717, 1.165) is 12.5 Å². The molecule has 0 aliphatic carbocycles. The monoisotopic (exact) mass is 398 g/mol. The van der Waals surface area contributed by atoms with Gasteiger partial charge in [0.25, 0.3) is 5.91 Å². The molecule has 0 spiro atoms. The van der Waals surface area contributed by atoms with Gasteiger partial charge in [0.15, 0.2) is 6.61 Å². The molecule has 12 heteroatoms. The van der Waals surface area contributed by atoms with Crippen LogP contribution in [0.15, 0.2) is 24.8 Å². The van der Waals surface area contributed by atoms with E-state index in [-0.39, 0.29) is 22.7 Å². The molecule has 2 aromatic rings. The number of hydrogen-bond donors (Lipinski definition) is 2. The molecule has 3 heterocycles. The average molecular weight is 398 g/mol. The Morgan fingerprint density at radius 1 is 1.36 bits per heavy atom. The van der Waals surface area contributed by atoms with Gasteiger partial charge in [0.05, 0.1) is 19.4 Å². The van der Waals surface area contributed by atoms with Gasteiger partial charge >= 0.3 is 6.18 Å². The summed E-state index contributed by atoms with van der Waals surface area (Å²) >= 11 is 0. The second kappa shape index (κ2) is 7.92. The SMILES string of the molecule is CC1(CNc2nccc(C(=O)Nc3cncnc3OCC(F)(F)F)n2)COC1. The molecule has 0 saturated carbocycles. The van der Waals surface area contributed by atoms with Crippen molar-refractivity contribution in [1.29, 1.82) is 0 Å². The maximum absolute atomic E-state index is 12.4. The van der Waals surface area contributed by atoms with Gasteiger partial charge in [0.1, 0.15) is 17.7 Å². The first-order chi connectivity index (χ1) is 13.2. The highest BCUT2D eigenvalue weighted by atomic mass is 19.4. The van der Waals surface area contributed by atoms with Crippen LogP contribution in [-0.2, 0) is 4.74 Å². The first-order valence-electron chi connectivity index (χ1n) is 8.20. The number of amides is 1. The highest BCUT2D eigenvalue weighted by Crippen LogP contribution is 2.26. The molecule has 0 unspecified atom stereocenters. The summed E-state index contributed by atoms with van der Waals surface area (Å²) in [5, 5.41) is 5.43. The number of carbonyl (C=O) groups excluding carboxylic acids is 1. The van der Waals surface area contributed by atoms with Crippen LogP contribution in [0.4, 0.5) is 24.8 Å². The van der Waals surface area contributed by atoms with Gasteiger partial charge in [-0.2, -0.15) is 18.2 Å². The van der Waals surface area contributed by atoms with E-state index < -0.39 is 24.6 Å². The zero-order valence-corrected chi connectivity index (χ0v) is 14.8. The Morgan fingerprint density at radius 2 is 2.14 bits per heavy atom. The molecule has 0 radical (unpaired) electrons. The van der Waals surface area contributed by atoms with Crippen LogP contribution in [0.25, 0.3) is 0 Å². The molecule has 0 aromatic carbocycles. The van der Waals surface area contributed by atoms with Crippen LogP contribution in [0, 0.1) is 5.41 Å². The van der Waals surface area contributed by atoms with Crippen LogP contribution >= 0.6 is 0 Å². The minimum Gasteiger partial charge on any atom is -0.466 e. The molecule has 1 fully saturated rings. The van der Waals surface area contributed by atoms with Crippen molar-refractivity contribution in [2.24, 2.45) is 5.41 Å². The van der Waals surface area contributed by atoms with Gasteiger partial charge in [-0.15, -0.1) is 0 Å². The second-order valence-electron chi connectivity index (χ2n) is 6.52. The van der Waals surface area contributed by atoms with Crippen molar-refractivity contribution in [2.75, 3.05) is 37.0 Å². The molecule has 2 N–H and O–H groups in total. The highest BCUT2D eigenvalue weighted by Gasteiger charge is 2.33. The topological polar surface area (TPSA) is 111 Å². The molecule has 1 amide bonds. The van der Waals surface area contributed by atoms with E-state index in [4.69, 9.17) is 4.74 Å². The van der Waals surface area contributed by atoms with E-state index in [1.165, 1.54) is 12.3 Å². The summed E-state index contributed by atoms with van der Waals surface area (Å²) in [5.41, 5.74) is -0.115. The molecule has 150 valence electrons. The molecule has 3 rings (SSSR count). The minimum atomic E-state index is -4.54. The van der Waals surface area contributed by atoms with E-state index in [2.05, 4.69) is 35.3 Å². The number of rotatable bonds is 7. The number of carbonyl (C=O) groups is 1.